The summed E-state index contributed by atoms with van der Waals surface area (Å²) in [5.74, 6) is 2.91. The minimum absolute atomic E-state index is 0.220. The number of nitrogen functional groups attached to an aromatic ring is 1. The van der Waals surface area contributed by atoms with Gasteiger partial charge in [-0.2, -0.15) is 5.10 Å². The van der Waals surface area contributed by atoms with E-state index in [1.807, 2.05) is 25.1 Å². The SMILES string of the molecule is Cc1nc(Cn2nnnc2N)n(-c2ccc3c(c2)OCO3)n1. The highest BCUT2D eigenvalue weighted by molar-refractivity contribution is 5.50. The maximum absolute atomic E-state index is 5.69. The summed E-state index contributed by atoms with van der Waals surface area (Å²) in [7, 11) is 0. The average molecular weight is 300 g/mol. The van der Waals surface area contributed by atoms with Crippen LogP contribution in [0, 0.1) is 6.92 Å². The van der Waals surface area contributed by atoms with Gasteiger partial charge in [0.05, 0.1) is 5.69 Å². The Morgan fingerprint density at radius 1 is 1.27 bits per heavy atom. The molecule has 0 atom stereocenters. The molecule has 0 saturated carbocycles. The van der Waals surface area contributed by atoms with Gasteiger partial charge in [-0.3, -0.25) is 0 Å². The molecule has 0 bridgehead atoms. The van der Waals surface area contributed by atoms with E-state index in [1.54, 1.807) is 4.68 Å². The van der Waals surface area contributed by atoms with Gasteiger partial charge in [-0.05, 0) is 29.5 Å². The summed E-state index contributed by atoms with van der Waals surface area (Å²) in [6, 6.07) is 5.57. The zero-order valence-corrected chi connectivity index (χ0v) is 11.7. The minimum atomic E-state index is 0.220. The van der Waals surface area contributed by atoms with Crippen molar-refractivity contribution >= 4 is 5.95 Å². The van der Waals surface area contributed by atoms with Gasteiger partial charge in [0.1, 0.15) is 12.4 Å². The molecule has 1 aliphatic rings. The van der Waals surface area contributed by atoms with Crippen molar-refractivity contribution in [2.75, 3.05) is 12.5 Å². The molecule has 112 valence electrons. The van der Waals surface area contributed by atoms with Crippen molar-refractivity contribution in [1.82, 2.24) is 35.0 Å². The number of hydrogen-bond acceptors (Lipinski definition) is 8. The molecule has 10 nitrogen and oxygen atoms in total. The quantitative estimate of drug-likeness (QED) is 0.713. The fourth-order valence-corrected chi connectivity index (χ4v) is 2.24. The largest absolute Gasteiger partial charge is 0.454 e. The molecule has 10 heteroatoms. The fraction of sp³-hybridized carbons (Fsp3) is 0.250. The highest BCUT2D eigenvalue weighted by Crippen LogP contribution is 2.33. The Morgan fingerprint density at radius 2 is 2.14 bits per heavy atom. The number of aromatic nitrogens is 7. The van der Waals surface area contributed by atoms with E-state index in [1.165, 1.54) is 4.68 Å². The van der Waals surface area contributed by atoms with Crippen LogP contribution in [-0.4, -0.2) is 41.8 Å². The van der Waals surface area contributed by atoms with Crippen molar-refractivity contribution in [3.8, 4) is 17.2 Å². The predicted molar refractivity (Wildman–Crippen MR) is 73.6 cm³/mol. The van der Waals surface area contributed by atoms with E-state index in [9.17, 15) is 0 Å². The van der Waals surface area contributed by atoms with Gasteiger partial charge in [-0.15, -0.1) is 0 Å². The van der Waals surface area contributed by atoms with Crippen molar-refractivity contribution in [2.24, 2.45) is 0 Å². The normalized spacial score (nSPS) is 12.8. The third-order valence-electron chi connectivity index (χ3n) is 3.23. The first-order valence-electron chi connectivity index (χ1n) is 6.55. The zero-order valence-electron chi connectivity index (χ0n) is 11.7. The van der Waals surface area contributed by atoms with Crippen LogP contribution in [0.15, 0.2) is 18.2 Å². The van der Waals surface area contributed by atoms with Crippen LogP contribution in [0.5, 0.6) is 11.5 Å². The Bertz CT molecular complexity index is 840. The number of fused-ring (bicyclic) bond motifs is 1. The summed E-state index contributed by atoms with van der Waals surface area (Å²) in [5.41, 5.74) is 6.50. The standard InChI is InChI=1S/C12H12N8O2/c1-7-14-11(5-19-12(13)15-17-18-19)20(16-7)8-2-3-9-10(4-8)22-6-21-9/h2-4H,5-6H2,1H3,(H2,13,15,18). The highest BCUT2D eigenvalue weighted by atomic mass is 16.7. The van der Waals surface area contributed by atoms with Gasteiger partial charge in [0.25, 0.3) is 0 Å². The van der Waals surface area contributed by atoms with Crippen molar-refractivity contribution in [3.05, 3.63) is 29.8 Å². The molecule has 0 amide bonds. The third-order valence-corrected chi connectivity index (χ3v) is 3.23. The smallest absolute Gasteiger partial charge is 0.240 e. The number of hydrogen-bond donors (Lipinski definition) is 1. The second-order valence-electron chi connectivity index (χ2n) is 4.72. The Morgan fingerprint density at radius 3 is 2.95 bits per heavy atom. The van der Waals surface area contributed by atoms with Gasteiger partial charge in [0.15, 0.2) is 17.3 Å². The molecule has 0 aliphatic carbocycles. The summed E-state index contributed by atoms with van der Waals surface area (Å²) in [6.45, 7) is 2.35. The molecular weight excluding hydrogens is 288 g/mol. The van der Waals surface area contributed by atoms with Crippen LogP contribution >= 0.6 is 0 Å². The molecule has 0 fully saturated rings. The van der Waals surface area contributed by atoms with E-state index in [0.717, 1.165) is 5.69 Å². The van der Waals surface area contributed by atoms with Gasteiger partial charge in [-0.1, -0.05) is 5.10 Å². The maximum Gasteiger partial charge on any atom is 0.240 e. The second kappa shape index (κ2) is 4.69. The van der Waals surface area contributed by atoms with E-state index in [2.05, 4.69) is 25.6 Å². The van der Waals surface area contributed by atoms with Crippen molar-refractivity contribution < 1.29 is 9.47 Å². The average Bonchev–Trinajstić information content (AvgIpc) is 3.20. The molecule has 0 unspecified atom stereocenters. The summed E-state index contributed by atoms with van der Waals surface area (Å²) in [5, 5.41) is 15.4. The molecule has 0 saturated heterocycles. The van der Waals surface area contributed by atoms with E-state index in [-0.39, 0.29) is 12.7 Å². The first kappa shape index (κ1) is 12.6. The molecule has 1 aliphatic heterocycles. The lowest BCUT2D eigenvalue weighted by Crippen LogP contribution is -2.12. The van der Waals surface area contributed by atoms with Crippen LogP contribution in [0.25, 0.3) is 5.69 Å². The van der Waals surface area contributed by atoms with Crippen molar-refractivity contribution in [2.45, 2.75) is 13.5 Å². The zero-order chi connectivity index (χ0) is 15.1. The number of rotatable bonds is 3. The third kappa shape index (κ3) is 2.01. The van der Waals surface area contributed by atoms with E-state index in [0.29, 0.717) is 29.7 Å². The molecule has 2 N–H and O–H groups in total. The van der Waals surface area contributed by atoms with E-state index in [4.69, 9.17) is 15.2 Å². The fourth-order valence-electron chi connectivity index (χ4n) is 2.24. The highest BCUT2D eigenvalue weighted by Gasteiger charge is 2.17. The lowest BCUT2D eigenvalue weighted by molar-refractivity contribution is 0.174. The predicted octanol–water partition coefficient (Wildman–Crippen LogP) is -0.0786. The Balaban J connectivity index is 1.74. The summed E-state index contributed by atoms with van der Waals surface area (Å²) >= 11 is 0. The number of nitrogens with zero attached hydrogens (tertiary/aromatic N) is 7. The first-order chi connectivity index (χ1) is 10.7. The van der Waals surface area contributed by atoms with Gasteiger partial charge in [-0.25, -0.2) is 14.3 Å². The summed E-state index contributed by atoms with van der Waals surface area (Å²) < 4.78 is 13.9. The molecular formula is C12H12N8O2. The topological polar surface area (TPSA) is 119 Å². The molecule has 0 spiro atoms. The van der Waals surface area contributed by atoms with Crippen LogP contribution in [-0.2, 0) is 6.54 Å². The van der Waals surface area contributed by atoms with E-state index < -0.39 is 0 Å². The Labute approximate surface area is 124 Å². The summed E-state index contributed by atoms with van der Waals surface area (Å²) in [4.78, 5) is 4.40. The van der Waals surface area contributed by atoms with Gasteiger partial charge >= 0.3 is 0 Å². The van der Waals surface area contributed by atoms with Gasteiger partial charge in [0, 0.05) is 6.07 Å². The molecule has 2 aromatic heterocycles. The lowest BCUT2D eigenvalue weighted by atomic mass is 10.3. The second-order valence-corrected chi connectivity index (χ2v) is 4.72. The molecule has 1 aromatic carbocycles. The molecule has 3 heterocycles. The van der Waals surface area contributed by atoms with Crippen LogP contribution in [0.3, 0.4) is 0 Å². The number of benzene rings is 1. The monoisotopic (exact) mass is 300 g/mol. The van der Waals surface area contributed by atoms with Crippen molar-refractivity contribution in [3.63, 3.8) is 0 Å². The van der Waals surface area contributed by atoms with Crippen LogP contribution in [0.2, 0.25) is 0 Å². The first-order valence-corrected chi connectivity index (χ1v) is 6.55. The van der Waals surface area contributed by atoms with Gasteiger partial charge < -0.3 is 15.2 Å². The number of nitrogens with two attached hydrogens (primary N) is 1. The number of tetrazole rings is 1. The molecule has 4 rings (SSSR count). The lowest BCUT2D eigenvalue weighted by Gasteiger charge is -2.07. The van der Waals surface area contributed by atoms with Gasteiger partial charge in [0.2, 0.25) is 12.7 Å². The number of aryl methyl sites for hydroxylation is 1. The Kier molecular flexibility index (Phi) is 2.68. The van der Waals surface area contributed by atoms with Crippen molar-refractivity contribution in [1.29, 1.82) is 0 Å². The number of ether oxygens (including phenoxy) is 2. The van der Waals surface area contributed by atoms with Crippen LogP contribution < -0.4 is 15.2 Å². The molecule has 0 radical (unpaired) electrons. The van der Waals surface area contributed by atoms with Crippen LogP contribution in [0.4, 0.5) is 5.95 Å². The number of anilines is 1. The van der Waals surface area contributed by atoms with E-state index >= 15 is 0 Å². The molecule has 3 aromatic rings. The molecule has 22 heavy (non-hydrogen) atoms. The Hall–Kier alpha value is -3.17. The minimum Gasteiger partial charge on any atom is -0.454 e. The van der Waals surface area contributed by atoms with Crippen LogP contribution in [0.1, 0.15) is 11.6 Å². The maximum atomic E-state index is 5.69. The summed E-state index contributed by atoms with van der Waals surface area (Å²) in [6.07, 6.45) is 0.